The second-order valence-corrected chi connectivity index (χ2v) is 7.20. The molecular weight excluding hydrogens is 308 g/mol. The van der Waals surface area contributed by atoms with Crippen LogP contribution in [0, 0.1) is 16.7 Å². The molecule has 0 bridgehead atoms. The number of hydrogen-bond acceptors (Lipinski definition) is 3. The van der Waals surface area contributed by atoms with Crippen molar-refractivity contribution in [2.24, 2.45) is 16.7 Å². The van der Waals surface area contributed by atoms with Gasteiger partial charge in [-0.15, -0.1) is 0 Å². The van der Waals surface area contributed by atoms with Gasteiger partial charge in [-0.05, 0) is 43.4 Å². The molecule has 0 unspecified atom stereocenters. The van der Waals surface area contributed by atoms with Crippen LogP contribution in [0.3, 0.4) is 0 Å². The number of carbonyl (C=O) groups excluding carboxylic acids is 2. The van der Waals surface area contributed by atoms with Crippen molar-refractivity contribution in [1.82, 2.24) is 0 Å². The average Bonchev–Trinajstić information content (AvgIpc) is 2.70. The topological polar surface area (TPSA) is 95.5 Å². The van der Waals surface area contributed by atoms with Crippen LogP contribution in [0.15, 0.2) is 24.3 Å². The fourth-order valence-corrected chi connectivity index (χ4v) is 3.45. The molecule has 1 saturated carbocycles. The largest absolute Gasteiger partial charge is 0.481 e. The highest BCUT2D eigenvalue weighted by Crippen LogP contribution is 2.56. The Morgan fingerprint density at radius 1 is 1.12 bits per heavy atom. The van der Waals surface area contributed by atoms with Crippen LogP contribution in [-0.2, 0) is 14.4 Å². The van der Waals surface area contributed by atoms with Gasteiger partial charge in [0.2, 0.25) is 11.8 Å². The molecule has 2 amide bonds. The first-order valence-corrected chi connectivity index (χ1v) is 8.00. The van der Waals surface area contributed by atoms with Crippen molar-refractivity contribution >= 4 is 29.2 Å². The summed E-state index contributed by atoms with van der Waals surface area (Å²) in [4.78, 5) is 35.4. The maximum Gasteiger partial charge on any atom is 0.309 e. The number of carbonyl (C=O) groups is 3. The van der Waals surface area contributed by atoms with Gasteiger partial charge in [-0.1, -0.05) is 19.9 Å². The van der Waals surface area contributed by atoms with E-state index >= 15 is 0 Å². The minimum Gasteiger partial charge on any atom is -0.481 e. The first-order valence-electron chi connectivity index (χ1n) is 8.00. The molecule has 6 heteroatoms. The molecule has 0 spiro atoms. The Morgan fingerprint density at radius 3 is 2.21 bits per heavy atom. The van der Waals surface area contributed by atoms with Crippen molar-refractivity contribution in [3.8, 4) is 0 Å². The third-order valence-corrected chi connectivity index (χ3v) is 5.47. The van der Waals surface area contributed by atoms with E-state index in [1.807, 2.05) is 13.8 Å². The van der Waals surface area contributed by atoms with Gasteiger partial charge in [0, 0.05) is 24.2 Å². The molecule has 0 aliphatic heterocycles. The molecule has 130 valence electrons. The Labute approximate surface area is 141 Å². The van der Waals surface area contributed by atoms with Gasteiger partial charge in [-0.3, -0.25) is 14.4 Å². The lowest BCUT2D eigenvalue weighted by Gasteiger charge is -2.37. The SMILES string of the molecule is CC(=O)Nc1cccc(NC(=O)[C@@H]2CC[C@@](C)(C(=O)O)C2(C)C)c1. The van der Waals surface area contributed by atoms with Crippen molar-refractivity contribution in [3.63, 3.8) is 0 Å². The summed E-state index contributed by atoms with van der Waals surface area (Å²) < 4.78 is 0. The van der Waals surface area contributed by atoms with Crippen molar-refractivity contribution in [1.29, 1.82) is 0 Å². The summed E-state index contributed by atoms with van der Waals surface area (Å²) in [5.74, 6) is -1.63. The second kappa shape index (κ2) is 6.26. The van der Waals surface area contributed by atoms with Crippen LogP contribution in [0.25, 0.3) is 0 Å². The molecule has 1 aliphatic carbocycles. The number of rotatable bonds is 4. The summed E-state index contributed by atoms with van der Waals surface area (Å²) in [5.41, 5.74) is -0.405. The highest BCUT2D eigenvalue weighted by molar-refractivity contribution is 5.95. The van der Waals surface area contributed by atoms with E-state index in [2.05, 4.69) is 10.6 Å². The zero-order valence-electron chi connectivity index (χ0n) is 14.5. The number of nitrogens with one attached hydrogen (secondary N) is 2. The van der Waals surface area contributed by atoms with E-state index in [9.17, 15) is 19.5 Å². The fraction of sp³-hybridized carbons (Fsp3) is 0.500. The van der Waals surface area contributed by atoms with Crippen LogP contribution >= 0.6 is 0 Å². The lowest BCUT2D eigenvalue weighted by Crippen LogP contribution is -2.43. The molecule has 1 aromatic carbocycles. The zero-order valence-corrected chi connectivity index (χ0v) is 14.5. The average molecular weight is 332 g/mol. The Balaban J connectivity index is 2.16. The molecule has 0 aromatic heterocycles. The van der Waals surface area contributed by atoms with Crippen LogP contribution in [0.4, 0.5) is 11.4 Å². The monoisotopic (exact) mass is 332 g/mol. The molecule has 1 fully saturated rings. The smallest absolute Gasteiger partial charge is 0.309 e. The lowest BCUT2D eigenvalue weighted by atomic mass is 9.65. The lowest BCUT2D eigenvalue weighted by molar-refractivity contribution is -0.154. The first kappa shape index (κ1) is 18.0. The van der Waals surface area contributed by atoms with E-state index in [4.69, 9.17) is 0 Å². The van der Waals surface area contributed by atoms with E-state index in [1.165, 1.54) is 6.92 Å². The van der Waals surface area contributed by atoms with Crippen LogP contribution in [0.1, 0.15) is 40.5 Å². The summed E-state index contributed by atoms with van der Waals surface area (Å²) >= 11 is 0. The first-order chi connectivity index (χ1) is 11.1. The van der Waals surface area contributed by atoms with Crippen LogP contribution < -0.4 is 10.6 Å². The molecule has 6 nitrogen and oxygen atoms in total. The van der Waals surface area contributed by atoms with Crippen molar-refractivity contribution in [3.05, 3.63) is 24.3 Å². The Morgan fingerprint density at radius 2 is 1.71 bits per heavy atom. The van der Waals surface area contributed by atoms with E-state index in [0.717, 1.165) is 0 Å². The summed E-state index contributed by atoms with van der Waals surface area (Å²) in [6, 6.07) is 6.89. The van der Waals surface area contributed by atoms with Gasteiger partial charge < -0.3 is 15.7 Å². The number of aliphatic carboxylic acids is 1. The number of anilines is 2. The second-order valence-electron chi connectivity index (χ2n) is 7.20. The number of amides is 2. The molecule has 1 aliphatic rings. The highest BCUT2D eigenvalue weighted by atomic mass is 16.4. The highest BCUT2D eigenvalue weighted by Gasteiger charge is 2.58. The van der Waals surface area contributed by atoms with Gasteiger partial charge in [0.15, 0.2) is 0 Å². The summed E-state index contributed by atoms with van der Waals surface area (Å²) in [7, 11) is 0. The van der Waals surface area contributed by atoms with E-state index in [0.29, 0.717) is 24.2 Å². The van der Waals surface area contributed by atoms with Crippen molar-refractivity contribution in [2.45, 2.75) is 40.5 Å². The fourth-order valence-electron chi connectivity index (χ4n) is 3.45. The van der Waals surface area contributed by atoms with Gasteiger partial charge in [-0.25, -0.2) is 0 Å². The van der Waals surface area contributed by atoms with E-state index in [1.54, 1.807) is 31.2 Å². The minimum atomic E-state index is -0.924. The van der Waals surface area contributed by atoms with Crippen molar-refractivity contribution in [2.75, 3.05) is 10.6 Å². The van der Waals surface area contributed by atoms with Crippen LogP contribution in [-0.4, -0.2) is 22.9 Å². The number of hydrogen-bond donors (Lipinski definition) is 3. The maximum absolute atomic E-state index is 12.7. The van der Waals surface area contributed by atoms with Crippen LogP contribution in [0.2, 0.25) is 0 Å². The third-order valence-electron chi connectivity index (χ3n) is 5.47. The summed E-state index contributed by atoms with van der Waals surface area (Å²) in [6.45, 7) is 6.80. The standard InChI is InChI=1S/C18H24N2O4/c1-11(21)19-12-6-5-7-13(10-12)20-15(22)14-8-9-18(4,16(23)24)17(14,2)3/h5-7,10,14H,8-9H2,1-4H3,(H,19,21)(H,20,22)(H,23,24)/t14-,18-/m0/s1. The predicted octanol–water partition coefficient (Wildman–Crippen LogP) is 3.11. The molecule has 24 heavy (non-hydrogen) atoms. The molecule has 0 radical (unpaired) electrons. The predicted molar refractivity (Wildman–Crippen MR) is 91.6 cm³/mol. The third kappa shape index (κ3) is 3.13. The van der Waals surface area contributed by atoms with Gasteiger partial charge in [-0.2, -0.15) is 0 Å². The number of benzene rings is 1. The normalized spacial score (nSPS) is 25.1. The van der Waals surface area contributed by atoms with Gasteiger partial charge >= 0.3 is 5.97 Å². The Bertz CT molecular complexity index is 683. The Hall–Kier alpha value is -2.37. The van der Waals surface area contributed by atoms with Crippen LogP contribution in [0.5, 0.6) is 0 Å². The molecular formula is C18H24N2O4. The number of carboxylic acid groups (broad SMARTS) is 1. The molecule has 3 N–H and O–H groups in total. The van der Waals surface area contributed by atoms with E-state index < -0.39 is 16.8 Å². The van der Waals surface area contributed by atoms with Gasteiger partial charge in [0.05, 0.1) is 5.41 Å². The maximum atomic E-state index is 12.7. The summed E-state index contributed by atoms with van der Waals surface area (Å²) in [5, 5.41) is 15.1. The molecule has 2 rings (SSSR count). The van der Waals surface area contributed by atoms with Crippen molar-refractivity contribution < 1.29 is 19.5 Å². The Kier molecular flexibility index (Phi) is 4.69. The number of carboxylic acids is 1. The van der Waals surface area contributed by atoms with Gasteiger partial charge in [0.1, 0.15) is 0 Å². The summed E-state index contributed by atoms with van der Waals surface area (Å²) in [6.07, 6.45) is 1.01. The van der Waals surface area contributed by atoms with E-state index in [-0.39, 0.29) is 17.7 Å². The minimum absolute atomic E-state index is 0.187. The quantitative estimate of drug-likeness (QED) is 0.789. The molecule has 2 atom stereocenters. The molecule has 0 heterocycles. The van der Waals surface area contributed by atoms with Gasteiger partial charge in [0.25, 0.3) is 0 Å². The molecule has 0 saturated heterocycles. The zero-order chi connectivity index (χ0) is 18.1. The molecule has 1 aromatic rings.